The molecule has 6 heteroatoms. The molecule has 4 bridgehead atoms. The van der Waals surface area contributed by atoms with Crippen molar-refractivity contribution in [2.75, 3.05) is 40.5 Å². The molecule has 0 aliphatic carbocycles. The lowest BCUT2D eigenvalue weighted by atomic mass is 10.1. The lowest BCUT2D eigenvalue weighted by molar-refractivity contribution is 0.252. The zero-order valence-corrected chi connectivity index (χ0v) is 18.9. The standard InChI is InChI=1S/C26H31N3O3/c1-29(2)12-9-15-32-25-18-23-22-17-24(25)31-14-7-5-3-4-6-13-30-21-11-8-10-20(16-21)26(22)28-19-27-23/h3-4,8,10-11,16-19H,5-7,9,12-15H2,1-2H3/b4-3+. The molecule has 3 aromatic rings. The van der Waals surface area contributed by atoms with Gasteiger partial charge >= 0.3 is 0 Å². The predicted molar refractivity (Wildman–Crippen MR) is 128 cm³/mol. The van der Waals surface area contributed by atoms with Crippen molar-refractivity contribution in [1.82, 2.24) is 14.9 Å². The molecule has 0 atom stereocenters. The van der Waals surface area contributed by atoms with Crippen molar-refractivity contribution < 1.29 is 14.2 Å². The molecule has 0 radical (unpaired) electrons. The lowest BCUT2D eigenvalue weighted by Gasteiger charge is -2.16. The summed E-state index contributed by atoms with van der Waals surface area (Å²) >= 11 is 0. The van der Waals surface area contributed by atoms with Crippen molar-refractivity contribution in [3.8, 4) is 28.5 Å². The van der Waals surface area contributed by atoms with Gasteiger partial charge in [-0.15, -0.1) is 0 Å². The minimum atomic E-state index is 0.624. The number of benzene rings is 2. The van der Waals surface area contributed by atoms with E-state index in [9.17, 15) is 0 Å². The third-order valence-corrected chi connectivity index (χ3v) is 5.31. The van der Waals surface area contributed by atoms with Crippen LogP contribution in [-0.2, 0) is 0 Å². The van der Waals surface area contributed by atoms with Crippen molar-refractivity contribution in [3.63, 3.8) is 0 Å². The number of ether oxygens (including phenoxy) is 3. The fourth-order valence-corrected chi connectivity index (χ4v) is 3.68. The number of hydrogen-bond donors (Lipinski definition) is 0. The molecule has 1 aliphatic rings. The maximum atomic E-state index is 6.18. The maximum absolute atomic E-state index is 6.18. The van der Waals surface area contributed by atoms with Crippen LogP contribution in [-0.4, -0.2) is 55.3 Å². The number of rotatable bonds is 5. The largest absolute Gasteiger partial charge is 0.493 e. The van der Waals surface area contributed by atoms with Gasteiger partial charge in [-0.1, -0.05) is 24.3 Å². The third kappa shape index (κ3) is 5.77. The van der Waals surface area contributed by atoms with Crippen LogP contribution in [0.2, 0.25) is 0 Å². The van der Waals surface area contributed by atoms with Crippen LogP contribution < -0.4 is 14.2 Å². The molecular formula is C26H31N3O3. The fourth-order valence-electron chi connectivity index (χ4n) is 3.68. The van der Waals surface area contributed by atoms with Gasteiger partial charge in [0, 0.05) is 23.6 Å². The molecule has 0 fully saturated rings. The van der Waals surface area contributed by atoms with Gasteiger partial charge in [0.05, 0.1) is 31.0 Å². The van der Waals surface area contributed by atoms with E-state index in [1.54, 1.807) is 6.33 Å². The first-order valence-electron chi connectivity index (χ1n) is 11.3. The Morgan fingerprint density at radius 2 is 1.91 bits per heavy atom. The van der Waals surface area contributed by atoms with Gasteiger partial charge in [-0.2, -0.15) is 0 Å². The van der Waals surface area contributed by atoms with Crippen LogP contribution in [0.4, 0.5) is 0 Å². The van der Waals surface area contributed by atoms with E-state index in [2.05, 4.69) is 41.1 Å². The molecule has 168 valence electrons. The van der Waals surface area contributed by atoms with Crippen LogP contribution in [0.15, 0.2) is 54.9 Å². The number of nitrogens with zero attached hydrogens (tertiary/aromatic N) is 3. The highest BCUT2D eigenvalue weighted by atomic mass is 16.5. The molecule has 4 rings (SSSR count). The van der Waals surface area contributed by atoms with Gasteiger partial charge in [0.15, 0.2) is 11.5 Å². The average Bonchev–Trinajstić information content (AvgIpc) is 2.79. The molecule has 0 spiro atoms. The van der Waals surface area contributed by atoms with E-state index in [0.29, 0.717) is 19.8 Å². The Morgan fingerprint density at radius 3 is 2.81 bits per heavy atom. The molecule has 1 aliphatic heterocycles. The van der Waals surface area contributed by atoms with Crippen LogP contribution >= 0.6 is 0 Å². The minimum Gasteiger partial charge on any atom is -0.493 e. The fraction of sp³-hybridized carbons (Fsp3) is 0.385. The summed E-state index contributed by atoms with van der Waals surface area (Å²) in [7, 11) is 4.13. The molecule has 0 unspecified atom stereocenters. The summed E-state index contributed by atoms with van der Waals surface area (Å²) < 4.78 is 18.2. The summed E-state index contributed by atoms with van der Waals surface area (Å²) in [5.41, 5.74) is 2.68. The van der Waals surface area contributed by atoms with Crippen LogP contribution in [0.25, 0.3) is 22.2 Å². The molecule has 6 nitrogen and oxygen atoms in total. The summed E-state index contributed by atoms with van der Waals surface area (Å²) in [4.78, 5) is 11.3. The number of aromatic nitrogens is 2. The highest BCUT2D eigenvalue weighted by Gasteiger charge is 2.14. The Hall–Kier alpha value is -3.12. The SMILES string of the molecule is CN(C)CCCOc1cc2ncnc3c2cc1OCCC/C=C/CCOc1cccc-3c1. The molecule has 0 saturated carbocycles. The van der Waals surface area contributed by atoms with Gasteiger partial charge in [0.25, 0.3) is 0 Å². The molecule has 1 aromatic heterocycles. The van der Waals surface area contributed by atoms with Gasteiger partial charge in [-0.05, 0) is 58.0 Å². The van der Waals surface area contributed by atoms with Crippen LogP contribution in [0.1, 0.15) is 25.7 Å². The van der Waals surface area contributed by atoms with Gasteiger partial charge in [-0.3, -0.25) is 0 Å². The first-order chi connectivity index (χ1) is 15.7. The number of allylic oxidation sites excluding steroid dienone is 1. The lowest BCUT2D eigenvalue weighted by Crippen LogP contribution is -2.15. The molecule has 0 saturated heterocycles. The van der Waals surface area contributed by atoms with Crippen molar-refractivity contribution in [2.24, 2.45) is 0 Å². The summed E-state index contributed by atoms with van der Waals surface area (Å²) in [6.07, 6.45) is 9.70. The van der Waals surface area contributed by atoms with Crippen molar-refractivity contribution in [1.29, 1.82) is 0 Å². The smallest absolute Gasteiger partial charge is 0.163 e. The van der Waals surface area contributed by atoms with E-state index < -0.39 is 0 Å². The first-order valence-corrected chi connectivity index (χ1v) is 11.3. The van der Waals surface area contributed by atoms with E-state index in [1.807, 2.05) is 36.4 Å². The average molecular weight is 434 g/mol. The molecule has 0 amide bonds. The van der Waals surface area contributed by atoms with Gasteiger partial charge < -0.3 is 19.1 Å². The van der Waals surface area contributed by atoms with Crippen molar-refractivity contribution >= 4 is 10.9 Å². The Kier molecular flexibility index (Phi) is 7.56. The van der Waals surface area contributed by atoms with E-state index >= 15 is 0 Å². The van der Waals surface area contributed by atoms with Gasteiger partial charge in [0.1, 0.15) is 12.1 Å². The molecule has 2 heterocycles. The quantitative estimate of drug-likeness (QED) is 0.411. The molecule has 2 aromatic carbocycles. The Balaban J connectivity index is 1.71. The molecule has 0 N–H and O–H groups in total. The first kappa shape index (κ1) is 22.1. The summed E-state index contributed by atoms with van der Waals surface area (Å²) in [5, 5.41) is 0.937. The number of fused-ring (bicyclic) bond motifs is 4. The second-order valence-electron chi connectivity index (χ2n) is 8.17. The zero-order valence-electron chi connectivity index (χ0n) is 18.9. The van der Waals surface area contributed by atoms with Crippen molar-refractivity contribution in [2.45, 2.75) is 25.7 Å². The van der Waals surface area contributed by atoms with E-state index in [0.717, 1.165) is 71.6 Å². The normalized spacial score (nSPS) is 15.3. The van der Waals surface area contributed by atoms with Crippen molar-refractivity contribution in [3.05, 3.63) is 54.9 Å². The third-order valence-electron chi connectivity index (χ3n) is 5.31. The van der Waals surface area contributed by atoms with E-state index in [4.69, 9.17) is 14.2 Å². The maximum Gasteiger partial charge on any atom is 0.163 e. The highest BCUT2D eigenvalue weighted by Crippen LogP contribution is 2.36. The Bertz CT molecular complexity index is 1070. The monoisotopic (exact) mass is 433 g/mol. The highest BCUT2D eigenvalue weighted by molar-refractivity contribution is 5.94. The Labute approximate surface area is 189 Å². The molecule has 32 heavy (non-hydrogen) atoms. The predicted octanol–water partition coefficient (Wildman–Crippen LogP) is 5.13. The van der Waals surface area contributed by atoms with Crippen LogP contribution in [0, 0.1) is 0 Å². The van der Waals surface area contributed by atoms with Crippen LogP contribution in [0.5, 0.6) is 17.2 Å². The van der Waals surface area contributed by atoms with Gasteiger partial charge in [0.2, 0.25) is 0 Å². The van der Waals surface area contributed by atoms with Crippen LogP contribution in [0.3, 0.4) is 0 Å². The summed E-state index contributed by atoms with van der Waals surface area (Å²) in [5.74, 6) is 2.31. The second kappa shape index (κ2) is 11.0. The summed E-state index contributed by atoms with van der Waals surface area (Å²) in [6.45, 7) is 2.87. The molecular weight excluding hydrogens is 402 g/mol. The van der Waals surface area contributed by atoms with E-state index in [1.165, 1.54) is 0 Å². The second-order valence-corrected chi connectivity index (χ2v) is 8.17. The van der Waals surface area contributed by atoms with Gasteiger partial charge in [-0.25, -0.2) is 9.97 Å². The van der Waals surface area contributed by atoms with E-state index in [-0.39, 0.29) is 0 Å². The Morgan fingerprint density at radius 1 is 1.00 bits per heavy atom. The topological polar surface area (TPSA) is 56.7 Å². The number of hydrogen-bond acceptors (Lipinski definition) is 6. The summed E-state index contributed by atoms with van der Waals surface area (Å²) in [6, 6.07) is 12.0. The minimum absolute atomic E-state index is 0.624. The zero-order chi connectivity index (χ0) is 22.2.